The number of methoxy groups -OCH3 is 1. The first-order valence-electron chi connectivity index (χ1n) is 21.2. The molecule has 5 nitrogen and oxygen atoms in total. The lowest BCUT2D eigenvalue weighted by atomic mass is 9.47. The summed E-state index contributed by atoms with van der Waals surface area (Å²) in [6, 6.07) is 0. The van der Waals surface area contributed by atoms with Crippen LogP contribution in [0.2, 0.25) is 0 Å². The standard InChI is InChI=1S/C45H74O5/c1-6-8-10-15-18-22-36(23-19-16-13-12-14-17-21-24-42(46)48-5)49-37-30-32-44(3)35(34-37)26-27-38-39-28-29-41(45(39,4)33-31-40(38)44)50-43(47)25-20-11-9-7-2/h18-19,22-23,34,36-41H,6-17,20-21,24-33H2,1-5H3/t36?,37?,38-,39-,40-,41-,44-,45-/m0/s1. The smallest absolute Gasteiger partial charge is 0.306 e. The summed E-state index contributed by atoms with van der Waals surface area (Å²) in [5.41, 5.74) is 2.08. The van der Waals surface area contributed by atoms with E-state index in [1.165, 1.54) is 97.0 Å². The van der Waals surface area contributed by atoms with E-state index < -0.39 is 0 Å². The van der Waals surface area contributed by atoms with Crippen molar-refractivity contribution in [2.24, 2.45) is 28.6 Å². The molecule has 8 atom stereocenters. The zero-order chi connectivity index (χ0) is 35.8. The van der Waals surface area contributed by atoms with Crippen LogP contribution in [0.15, 0.2) is 36.0 Å². The second-order valence-corrected chi connectivity index (χ2v) is 16.8. The van der Waals surface area contributed by atoms with Gasteiger partial charge in [0, 0.05) is 18.3 Å². The van der Waals surface area contributed by atoms with Gasteiger partial charge in [0.2, 0.25) is 0 Å². The highest BCUT2D eigenvalue weighted by Gasteiger charge is 2.60. The molecule has 0 heterocycles. The van der Waals surface area contributed by atoms with Crippen LogP contribution in [0, 0.1) is 28.6 Å². The Balaban J connectivity index is 1.31. The first-order chi connectivity index (χ1) is 24.2. The number of esters is 2. The van der Waals surface area contributed by atoms with Crippen LogP contribution in [0.5, 0.6) is 0 Å². The van der Waals surface area contributed by atoms with Gasteiger partial charge in [0.25, 0.3) is 0 Å². The molecule has 0 saturated heterocycles. The fraction of sp³-hybridized carbons (Fsp3) is 0.822. The zero-order valence-corrected chi connectivity index (χ0v) is 32.9. The third-order valence-corrected chi connectivity index (χ3v) is 13.4. The normalized spacial score (nSPS) is 31.2. The molecule has 0 radical (unpaired) electrons. The molecule has 0 amide bonds. The number of hydrogen-bond donors (Lipinski definition) is 0. The minimum atomic E-state index is -0.0968. The van der Waals surface area contributed by atoms with E-state index >= 15 is 0 Å². The molecule has 4 aliphatic rings. The molecule has 4 rings (SSSR count). The summed E-state index contributed by atoms with van der Waals surface area (Å²) in [7, 11) is 1.47. The highest BCUT2D eigenvalue weighted by atomic mass is 16.5. The molecule has 0 spiro atoms. The average Bonchev–Trinajstić information content (AvgIpc) is 3.44. The number of allylic oxidation sites excluding steroid dienone is 3. The first kappa shape index (κ1) is 40.9. The maximum atomic E-state index is 12.8. The fourth-order valence-electron chi connectivity index (χ4n) is 10.4. The van der Waals surface area contributed by atoms with E-state index in [1.54, 1.807) is 5.57 Å². The van der Waals surface area contributed by atoms with Crippen molar-refractivity contribution in [1.29, 1.82) is 0 Å². The van der Waals surface area contributed by atoms with Gasteiger partial charge in [-0.25, -0.2) is 0 Å². The second kappa shape index (κ2) is 21.0. The Labute approximate surface area is 306 Å². The second-order valence-electron chi connectivity index (χ2n) is 16.8. The Hall–Kier alpha value is -1.88. The number of fused-ring (bicyclic) bond motifs is 5. The molecule has 0 aromatic rings. The summed E-state index contributed by atoms with van der Waals surface area (Å²) < 4.78 is 17.9. The number of hydrogen-bond acceptors (Lipinski definition) is 5. The minimum Gasteiger partial charge on any atom is -0.469 e. The molecule has 50 heavy (non-hydrogen) atoms. The van der Waals surface area contributed by atoms with Gasteiger partial charge in [-0.05, 0) is 113 Å². The summed E-state index contributed by atoms with van der Waals surface area (Å²) in [5, 5.41) is 0. The molecule has 0 aromatic heterocycles. The van der Waals surface area contributed by atoms with Crippen molar-refractivity contribution in [2.75, 3.05) is 7.11 Å². The summed E-state index contributed by atoms with van der Waals surface area (Å²) in [4.78, 5) is 24.1. The van der Waals surface area contributed by atoms with Crippen LogP contribution in [0.25, 0.3) is 0 Å². The minimum absolute atomic E-state index is 0.0272. The van der Waals surface area contributed by atoms with Gasteiger partial charge in [-0.2, -0.15) is 0 Å². The zero-order valence-electron chi connectivity index (χ0n) is 32.9. The van der Waals surface area contributed by atoms with Crippen molar-refractivity contribution in [1.82, 2.24) is 0 Å². The summed E-state index contributed by atoms with van der Waals surface area (Å²) in [6.07, 6.45) is 38.8. The maximum Gasteiger partial charge on any atom is 0.306 e. The molecule has 5 heteroatoms. The van der Waals surface area contributed by atoms with Crippen LogP contribution in [-0.2, 0) is 23.8 Å². The molecular weight excluding hydrogens is 620 g/mol. The van der Waals surface area contributed by atoms with Gasteiger partial charge in [-0.3, -0.25) is 9.59 Å². The van der Waals surface area contributed by atoms with Crippen LogP contribution in [-0.4, -0.2) is 37.4 Å². The predicted molar refractivity (Wildman–Crippen MR) is 206 cm³/mol. The molecular formula is C45H74O5. The summed E-state index contributed by atoms with van der Waals surface area (Å²) in [5.74, 6) is 2.11. The van der Waals surface area contributed by atoms with E-state index in [0.29, 0.717) is 18.8 Å². The van der Waals surface area contributed by atoms with Gasteiger partial charge in [-0.15, -0.1) is 0 Å². The van der Waals surface area contributed by atoms with Crippen molar-refractivity contribution < 1.29 is 23.8 Å². The van der Waals surface area contributed by atoms with Gasteiger partial charge in [-0.1, -0.05) is 115 Å². The molecule has 284 valence electrons. The Morgan fingerprint density at radius 3 is 2.12 bits per heavy atom. The highest BCUT2D eigenvalue weighted by Crippen LogP contribution is 2.66. The number of ether oxygens (including phenoxy) is 3. The van der Waals surface area contributed by atoms with Gasteiger partial charge < -0.3 is 14.2 Å². The maximum absolute atomic E-state index is 12.8. The number of carbonyl (C=O) groups is 2. The average molecular weight is 695 g/mol. The van der Waals surface area contributed by atoms with Crippen LogP contribution in [0.1, 0.15) is 182 Å². The van der Waals surface area contributed by atoms with Crippen LogP contribution in [0.3, 0.4) is 0 Å². The quantitative estimate of drug-likeness (QED) is 0.0641. The molecule has 0 aliphatic heterocycles. The number of carbonyl (C=O) groups excluding carboxylic acids is 2. The van der Waals surface area contributed by atoms with Crippen LogP contribution >= 0.6 is 0 Å². The van der Waals surface area contributed by atoms with Crippen molar-refractivity contribution in [3.05, 3.63) is 36.0 Å². The summed E-state index contributed by atoms with van der Waals surface area (Å²) >= 11 is 0. The van der Waals surface area contributed by atoms with Gasteiger partial charge in [0.05, 0.1) is 19.3 Å². The van der Waals surface area contributed by atoms with Crippen LogP contribution in [0.4, 0.5) is 0 Å². The lowest BCUT2D eigenvalue weighted by Gasteiger charge is -2.58. The Kier molecular flexibility index (Phi) is 17.2. The molecule has 0 N–H and O–H groups in total. The Morgan fingerprint density at radius 2 is 1.40 bits per heavy atom. The molecule has 2 unspecified atom stereocenters. The highest BCUT2D eigenvalue weighted by molar-refractivity contribution is 5.69. The predicted octanol–water partition coefficient (Wildman–Crippen LogP) is 12.2. The first-order valence-corrected chi connectivity index (χ1v) is 21.2. The molecule has 0 bridgehead atoms. The van der Waals surface area contributed by atoms with Crippen LogP contribution < -0.4 is 0 Å². The van der Waals surface area contributed by atoms with Crippen molar-refractivity contribution in [2.45, 2.75) is 200 Å². The van der Waals surface area contributed by atoms with Crippen molar-refractivity contribution in [3.63, 3.8) is 0 Å². The molecule has 4 aliphatic carbocycles. The van der Waals surface area contributed by atoms with Crippen molar-refractivity contribution in [3.8, 4) is 0 Å². The van der Waals surface area contributed by atoms with E-state index in [9.17, 15) is 9.59 Å². The fourth-order valence-corrected chi connectivity index (χ4v) is 10.4. The number of rotatable bonds is 22. The Bertz CT molecular complexity index is 1120. The lowest BCUT2D eigenvalue weighted by molar-refractivity contribution is -0.160. The van der Waals surface area contributed by atoms with Gasteiger partial charge in [0.1, 0.15) is 6.10 Å². The van der Waals surface area contributed by atoms with Gasteiger partial charge >= 0.3 is 11.9 Å². The third kappa shape index (κ3) is 11.3. The molecule has 0 aromatic carbocycles. The molecule has 3 saturated carbocycles. The lowest BCUT2D eigenvalue weighted by Crippen LogP contribution is -2.52. The topological polar surface area (TPSA) is 61.8 Å². The van der Waals surface area contributed by atoms with E-state index in [0.717, 1.165) is 63.2 Å². The van der Waals surface area contributed by atoms with Crippen molar-refractivity contribution >= 4 is 11.9 Å². The monoisotopic (exact) mass is 695 g/mol. The third-order valence-electron chi connectivity index (χ3n) is 13.4. The largest absolute Gasteiger partial charge is 0.469 e. The van der Waals surface area contributed by atoms with Gasteiger partial charge in [0.15, 0.2) is 0 Å². The number of unbranched alkanes of at least 4 members (excludes halogenated alkanes) is 11. The molecule has 3 fully saturated rings. The van der Waals surface area contributed by atoms with E-state index in [4.69, 9.17) is 14.2 Å². The van der Waals surface area contributed by atoms with E-state index in [1.807, 2.05) is 0 Å². The summed E-state index contributed by atoms with van der Waals surface area (Å²) in [6.45, 7) is 9.52. The SMILES string of the molecule is CCCCCC=CC(C=CCCCCCCCC(=O)OC)OC1C=C2CC[C@H]3[C@@H]4CC[C@H](OC(=O)CCCCCC)[C@@]4(C)CC[C@@H]3[C@@]2(C)CC1. The van der Waals surface area contributed by atoms with E-state index in [-0.39, 0.29) is 41.1 Å². The van der Waals surface area contributed by atoms with E-state index in [2.05, 4.69) is 58.1 Å². The Morgan fingerprint density at radius 1 is 0.760 bits per heavy atom.